The highest BCUT2D eigenvalue weighted by atomic mass is 32.1. The van der Waals surface area contributed by atoms with Crippen molar-refractivity contribution in [2.24, 2.45) is 14.1 Å². The molecule has 2 aromatic rings. The molecule has 0 aliphatic rings. The van der Waals surface area contributed by atoms with Gasteiger partial charge in [-0.1, -0.05) is 30.3 Å². The number of carbonyl (C=O) groups excluding carboxylic acids is 1. The van der Waals surface area contributed by atoms with Gasteiger partial charge in [0, 0.05) is 19.7 Å². The molecule has 0 unspecified atom stereocenters. The molecule has 1 aromatic carbocycles. The zero-order valence-corrected chi connectivity index (χ0v) is 11.3. The molecule has 1 heterocycles. The number of carbonyl (C=O) groups is 1. The Labute approximate surface area is 114 Å². The van der Waals surface area contributed by atoms with Crippen LogP contribution in [0.4, 0.5) is 0 Å². The third-order valence-electron chi connectivity index (χ3n) is 2.90. The van der Waals surface area contributed by atoms with Crippen LogP contribution in [0.15, 0.2) is 35.1 Å². The summed E-state index contributed by atoms with van der Waals surface area (Å²) in [4.78, 5) is 24.4. The number of benzene rings is 1. The molecule has 98 valence electrons. The number of rotatable bonds is 2. The number of nitrogens with zero attached hydrogens (tertiary/aromatic N) is 2. The highest BCUT2D eigenvalue weighted by Gasteiger charge is 2.21. The van der Waals surface area contributed by atoms with Crippen LogP contribution in [0.25, 0.3) is 0 Å². The lowest BCUT2D eigenvalue weighted by Gasteiger charge is -2.11. The number of ketones is 1. The van der Waals surface area contributed by atoms with Gasteiger partial charge in [0.15, 0.2) is 4.77 Å². The molecule has 0 radical (unpaired) electrons. The SMILES string of the molecule is Cn1c(O)c(C(=O)c2ccccc2)c(=O)n(C)c1=S. The summed E-state index contributed by atoms with van der Waals surface area (Å²) >= 11 is 4.99. The fraction of sp³-hybridized carbons (Fsp3) is 0.154. The quantitative estimate of drug-likeness (QED) is 0.665. The van der Waals surface area contributed by atoms with Crippen molar-refractivity contribution in [1.82, 2.24) is 9.13 Å². The van der Waals surface area contributed by atoms with Crippen LogP contribution in [0.3, 0.4) is 0 Å². The van der Waals surface area contributed by atoms with Gasteiger partial charge < -0.3 is 5.11 Å². The Morgan fingerprint density at radius 3 is 2.32 bits per heavy atom. The summed E-state index contributed by atoms with van der Waals surface area (Å²) in [5, 5.41) is 9.98. The summed E-state index contributed by atoms with van der Waals surface area (Å²) in [7, 11) is 2.96. The topological polar surface area (TPSA) is 64.2 Å². The van der Waals surface area contributed by atoms with Gasteiger partial charge >= 0.3 is 0 Å². The number of aromatic nitrogens is 2. The normalized spacial score (nSPS) is 10.4. The predicted octanol–water partition coefficient (Wildman–Crippen LogP) is 1.39. The van der Waals surface area contributed by atoms with Crippen molar-refractivity contribution in [1.29, 1.82) is 0 Å². The molecule has 0 saturated carbocycles. The predicted molar refractivity (Wildman–Crippen MR) is 73.0 cm³/mol. The summed E-state index contributed by atoms with van der Waals surface area (Å²) in [6.45, 7) is 0. The van der Waals surface area contributed by atoms with Gasteiger partial charge in [-0.15, -0.1) is 0 Å². The van der Waals surface area contributed by atoms with Gasteiger partial charge in [-0.25, -0.2) is 0 Å². The Morgan fingerprint density at radius 1 is 1.16 bits per heavy atom. The van der Waals surface area contributed by atoms with Gasteiger partial charge in [-0.3, -0.25) is 18.7 Å². The van der Waals surface area contributed by atoms with Crippen molar-refractivity contribution in [3.8, 4) is 5.88 Å². The van der Waals surface area contributed by atoms with Gasteiger partial charge in [0.1, 0.15) is 5.56 Å². The van der Waals surface area contributed by atoms with E-state index in [9.17, 15) is 14.7 Å². The van der Waals surface area contributed by atoms with Gasteiger partial charge in [-0.05, 0) is 12.2 Å². The maximum atomic E-state index is 12.3. The molecule has 1 aromatic heterocycles. The van der Waals surface area contributed by atoms with Crippen LogP contribution >= 0.6 is 12.2 Å². The number of hydrogen-bond acceptors (Lipinski definition) is 4. The molecule has 1 N–H and O–H groups in total. The lowest BCUT2D eigenvalue weighted by Crippen LogP contribution is -2.28. The van der Waals surface area contributed by atoms with E-state index in [1.807, 2.05) is 0 Å². The van der Waals surface area contributed by atoms with E-state index >= 15 is 0 Å². The molecule has 0 bridgehead atoms. The van der Waals surface area contributed by atoms with E-state index in [1.54, 1.807) is 30.3 Å². The Balaban J connectivity index is 2.75. The Bertz CT molecular complexity index is 760. The highest BCUT2D eigenvalue weighted by Crippen LogP contribution is 2.16. The van der Waals surface area contributed by atoms with Crippen LogP contribution in [-0.4, -0.2) is 20.0 Å². The lowest BCUT2D eigenvalue weighted by molar-refractivity contribution is 0.103. The smallest absolute Gasteiger partial charge is 0.269 e. The molecule has 19 heavy (non-hydrogen) atoms. The van der Waals surface area contributed by atoms with Gasteiger partial charge in [0.2, 0.25) is 11.7 Å². The first-order valence-corrected chi connectivity index (χ1v) is 5.94. The fourth-order valence-corrected chi connectivity index (χ4v) is 1.94. The molecule has 2 rings (SSSR count). The molecule has 0 saturated heterocycles. The van der Waals surface area contributed by atoms with E-state index in [4.69, 9.17) is 12.2 Å². The van der Waals surface area contributed by atoms with Crippen LogP contribution in [0.2, 0.25) is 0 Å². The third kappa shape index (κ3) is 2.10. The van der Waals surface area contributed by atoms with Crippen molar-refractivity contribution in [2.75, 3.05) is 0 Å². The molecule has 6 heteroatoms. The monoisotopic (exact) mass is 276 g/mol. The Kier molecular flexibility index (Phi) is 3.35. The van der Waals surface area contributed by atoms with Crippen molar-refractivity contribution in [3.63, 3.8) is 0 Å². The molecule has 0 spiro atoms. The summed E-state index contributed by atoms with van der Waals surface area (Å²) < 4.78 is 2.53. The van der Waals surface area contributed by atoms with E-state index in [2.05, 4.69) is 0 Å². The lowest BCUT2D eigenvalue weighted by atomic mass is 10.1. The molecule has 0 atom stereocenters. The molecular weight excluding hydrogens is 264 g/mol. The fourth-order valence-electron chi connectivity index (χ4n) is 1.77. The maximum Gasteiger partial charge on any atom is 0.269 e. The largest absolute Gasteiger partial charge is 0.494 e. The second kappa shape index (κ2) is 4.81. The molecule has 0 amide bonds. The maximum absolute atomic E-state index is 12.3. The van der Waals surface area contributed by atoms with E-state index in [1.165, 1.54) is 18.7 Å². The zero-order valence-electron chi connectivity index (χ0n) is 10.5. The first-order chi connectivity index (χ1) is 8.95. The standard InChI is InChI=1S/C13H12N2O3S/c1-14-11(17)9(12(18)15(2)13(14)19)10(16)8-6-4-3-5-7-8/h3-7,17H,1-2H3. The van der Waals surface area contributed by atoms with Crippen LogP contribution in [0, 0.1) is 4.77 Å². The minimum Gasteiger partial charge on any atom is -0.494 e. The number of aromatic hydroxyl groups is 1. The average Bonchev–Trinajstić information content (AvgIpc) is 2.44. The summed E-state index contributed by atoms with van der Waals surface area (Å²) in [6, 6.07) is 8.32. The highest BCUT2D eigenvalue weighted by molar-refractivity contribution is 7.71. The summed E-state index contributed by atoms with van der Waals surface area (Å²) in [5.41, 5.74) is -0.536. The number of hydrogen-bond donors (Lipinski definition) is 1. The molecule has 5 nitrogen and oxygen atoms in total. The first kappa shape index (κ1) is 13.2. The van der Waals surface area contributed by atoms with E-state index in [0.29, 0.717) is 5.56 Å². The van der Waals surface area contributed by atoms with E-state index < -0.39 is 17.2 Å². The average molecular weight is 276 g/mol. The third-order valence-corrected chi connectivity index (χ3v) is 3.44. The molecule has 0 aliphatic heterocycles. The Hall–Kier alpha value is -2.21. The summed E-state index contributed by atoms with van der Waals surface area (Å²) in [5.74, 6) is -0.939. The molecule has 0 fully saturated rings. The van der Waals surface area contributed by atoms with Crippen molar-refractivity contribution in [2.45, 2.75) is 0 Å². The van der Waals surface area contributed by atoms with Crippen LogP contribution in [0.5, 0.6) is 5.88 Å². The second-order valence-corrected chi connectivity index (χ2v) is 4.46. The van der Waals surface area contributed by atoms with E-state index in [0.717, 1.165) is 4.57 Å². The molecular formula is C13H12N2O3S. The Morgan fingerprint density at radius 2 is 1.74 bits per heavy atom. The van der Waals surface area contributed by atoms with Crippen LogP contribution in [0.1, 0.15) is 15.9 Å². The van der Waals surface area contributed by atoms with Gasteiger partial charge in [0.05, 0.1) is 0 Å². The van der Waals surface area contributed by atoms with Crippen LogP contribution in [-0.2, 0) is 14.1 Å². The van der Waals surface area contributed by atoms with Crippen molar-refractivity contribution in [3.05, 3.63) is 56.6 Å². The van der Waals surface area contributed by atoms with Gasteiger partial charge in [-0.2, -0.15) is 0 Å². The minimum atomic E-state index is -0.602. The molecule has 0 aliphatic carbocycles. The van der Waals surface area contributed by atoms with Crippen LogP contribution < -0.4 is 5.56 Å². The minimum absolute atomic E-state index is 0.145. The van der Waals surface area contributed by atoms with Crippen molar-refractivity contribution >= 4 is 18.0 Å². The van der Waals surface area contributed by atoms with E-state index in [-0.39, 0.29) is 10.3 Å². The van der Waals surface area contributed by atoms with Crippen molar-refractivity contribution < 1.29 is 9.90 Å². The first-order valence-electron chi connectivity index (χ1n) is 5.54. The van der Waals surface area contributed by atoms with Gasteiger partial charge in [0.25, 0.3) is 5.56 Å². The summed E-state index contributed by atoms with van der Waals surface area (Å²) in [6.07, 6.45) is 0. The second-order valence-electron chi connectivity index (χ2n) is 4.10. The zero-order chi connectivity index (χ0) is 14.2.